The zero-order valence-electron chi connectivity index (χ0n) is 10.3. The highest BCUT2D eigenvalue weighted by Crippen LogP contribution is 2.21. The van der Waals surface area contributed by atoms with Gasteiger partial charge in [0.1, 0.15) is 0 Å². The van der Waals surface area contributed by atoms with E-state index in [0.29, 0.717) is 12.0 Å². The molecule has 15 heavy (non-hydrogen) atoms. The van der Waals surface area contributed by atoms with E-state index in [2.05, 4.69) is 38.3 Å². The molecule has 1 aromatic rings. The molecule has 0 saturated carbocycles. The molecule has 0 bridgehead atoms. The molecule has 1 aromatic heterocycles. The van der Waals surface area contributed by atoms with Gasteiger partial charge in [-0.1, -0.05) is 20.8 Å². The van der Waals surface area contributed by atoms with Crippen LogP contribution in [0.5, 0.6) is 0 Å². The molecule has 0 aliphatic heterocycles. The van der Waals surface area contributed by atoms with Crippen LogP contribution in [0.15, 0.2) is 12.1 Å². The second kappa shape index (κ2) is 5.36. The predicted molar refractivity (Wildman–Crippen MR) is 63.9 cm³/mol. The lowest BCUT2D eigenvalue weighted by atomic mass is 10.1. The van der Waals surface area contributed by atoms with Crippen molar-refractivity contribution in [3.05, 3.63) is 23.5 Å². The van der Waals surface area contributed by atoms with Crippen molar-refractivity contribution < 1.29 is 5.11 Å². The number of aliphatic hydroxyl groups excluding tert-OH is 1. The Kier molecular flexibility index (Phi) is 4.40. The van der Waals surface area contributed by atoms with E-state index < -0.39 is 0 Å². The average Bonchev–Trinajstić information content (AvgIpc) is 2.58. The number of aromatic nitrogens is 1. The Morgan fingerprint density at radius 1 is 1.20 bits per heavy atom. The summed E-state index contributed by atoms with van der Waals surface area (Å²) in [4.78, 5) is 0. The molecular weight excluding hydrogens is 186 g/mol. The van der Waals surface area contributed by atoms with E-state index in [1.54, 1.807) is 0 Å². The molecule has 1 N–H and O–H groups in total. The molecule has 0 amide bonds. The fourth-order valence-electron chi connectivity index (χ4n) is 2.00. The number of aliphatic hydroxyl groups is 1. The first-order valence-corrected chi connectivity index (χ1v) is 5.90. The van der Waals surface area contributed by atoms with Gasteiger partial charge < -0.3 is 9.67 Å². The number of rotatable bonds is 5. The minimum atomic E-state index is 0.141. The van der Waals surface area contributed by atoms with Crippen LogP contribution in [0.2, 0.25) is 0 Å². The maximum atomic E-state index is 9.29. The standard InChI is InChI=1S/C13H23NO/c1-5-11(4)14-12(8-10(2)3)6-7-13(14)9-15/h6-7,10-11,15H,5,8-9H2,1-4H3. The molecule has 1 unspecified atom stereocenters. The number of hydrogen-bond donors (Lipinski definition) is 1. The summed E-state index contributed by atoms with van der Waals surface area (Å²) in [6.45, 7) is 9.00. The van der Waals surface area contributed by atoms with Crippen LogP contribution in [0.4, 0.5) is 0 Å². The molecule has 0 spiro atoms. The Labute approximate surface area is 92.9 Å². The number of hydrogen-bond acceptors (Lipinski definition) is 1. The van der Waals surface area contributed by atoms with Crippen LogP contribution in [0, 0.1) is 5.92 Å². The van der Waals surface area contributed by atoms with Gasteiger partial charge in [-0.05, 0) is 37.8 Å². The maximum absolute atomic E-state index is 9.29. The lowest BCUT2D eigenvalue weighted by Crippen LogP contribution is -2.12. The summed E-state index contributed by atoms with van der Waals surface area (Å²) in [5.74, 6) is 0.661. The minimum absolute atomic E-state index is 0.141. The third-order valence-corrected chi connectivity index (χ3v) is 2.90. The largest absolute Gasteiger partial charge is 0.390 e. The molecule has 0 radical (unpaired) electrons. The maximum Gasteiger partial charge on any atom is 0.0833 e. The van der Waals surface area contributed by atoms with Crippen molar-refractivity contribution in [1.29, 1.82) is 0 Å². The zero-order chi connectivity index (χ0) is 11.4. The van der Waals surface area contributed by atoms with Crippen molar-refractivity contribution in [2.75, 3.05) is 0 Å². The Morgan fingerprint density at radius 3 is 2.27 bits per heavy atom. The molecule has 0 saturated heterocycles. The van der Waals surface area contributed by atoms with Crippen LogP contribution < -0.4 is 0 Å². The molecule has 1 rings (SSSR count). The summed E-state index contributed by atoms with van der Waals surface area (Å²) in [6.07, 6.45) is 2.19. The van der Waals surface area contributed by atoms with Gasteiger partial charge in [0.05, 0.1) is 6.61 Å². The van der Waals surface area contributed by atoms with E-state index in [-0.39, 0.29) is 6.61 Å². The fourth-order valence-corrected chi connectivity index (χ4v) is 2.00. The van der Waals surface area contributed by atoms with Crippen LogP contribution >= 0.6 is 0 Å². The second-order valence-electron chi connectivity index (χ2n) is 4.70. The van der Waals surface area contributed by atoms with E-state index in [1.165, 1.54) is 5.69 Å². The average molecular weight is 209 g/mol. The molecule has 2 heteroatoms. The van der Waals surface area contributed by atoms with Gasteiger partial charge in [0.2, 0.25) is 0 Å². The van der Waals surface area contributed by atoms with Crippen LogP contribution in [-0.2, 0) is 13.0 Å². The normalized spacial score (nSPS) is 13.5. The van der Waals surface area contributed by atoms with E-state index in [0.717, 1.165) is 18.5 Å². The van der Waals surface area contributed by atoms with Crippen LogP contribution in [0.25, 0.3) is 0 Å². The molecule has 86 valence electrons. The van der Waals surface area contributed by atoms with Gasteiger partial charge in [-0.2, -0.15) is 0 Å². The lowest BCUT2D eigenvalue weighted by molar-refractivity contribution is 0.265. The van der Waals surface area contributed by atoms with Gasteiger partial charge in [0, 0.05) is 17.4 Å². The first-order valence-electron chi connectivity index (χ1n) is 5.90. The van der Waals surface area contributed by atoms with E-state index in [9.17, 15) is 5.11 Å². The Hall–Kier alpha value is -0.760. The highest BCUT2D eigenvalue weighted by molar-refractivity contribution is 5.17. The Balaban J connectivity index is 3.00. The quantitative estimate of drug-likeness (QED) is 0.791. The summed E-state index contributed by atoms with van der Waals surface area (Å²) >= 11 is 0. The fraction of sp³-hybridized carbons (Fsp3) is 0.692. The summed E-state index contributed by atoms with van der Waals surface area (Å²) in [5.41, 5.74) is 2.39. The molecular formula is C13H23NO. The van der Waals surface area contributed by atoms with Gasteiger partial charge in [-0.25, -0.2) is 0 Å². The molecule has 0 aliphatic rings. The highest BCUT2D eigenvalue weighted by Gasteiger charge is 2.12. The van der Waals surface area contributed by atoms with E-state index in [1.807, 2.05) is 6.07 Å². The molecule has 1 atom stereocenters. The summed E-state index contributed by atoms with van der Waals surface area (Å²) in [5, 5.41) is 9.29. The van der Waals surface area contributed by atoms with Crippen LogP contribution in [-0.4, -0.2) is 9.67 Å². The summed E-state index contributed by atoms with van der Waals surface area (Å²) in [7, 11) is 0. The topological polar surface area (TPSA) is 25.2 Å². The van der Waals surface area contributed by atoms with Gasteiger partial charge in [0.15, 0.2) is 0 Å². The van der Waals surface area contributed by atoms with Gasteiger partial charge in [0.25, 0.3) is 0 Å². The third kappa shape index (κ3) is 2.85. The van der Waals surface area contributed by atoms with Crippen molar-refractivity contribution in [3.8, 4) is 0 Å². The molecule has 0 aromatic carbocycles. The first kappa shape index (κ1) is 12.3. The lowest BCUT2D eigenvalue weighted by Gasteiger charge is -2.19. The molecule has 1 heterocycles. The summed E-state index contributed by atoms with van der Waals surface area (Å²) in [6, 6.07) is 4.68. The van der Waals surface area contributed by atoms with Crippen molar-refractivity contribution in [2.45, 2.75) is 53.2 Å². The molecule has 0 fully saturated rings. The van der Waals surface area contributed by atoms with Gasteiger partial charge in [-0.15, -0.1) is 0 Å². The van der Waals surface area contributed by atoms with Gasteiger partial charge in [-0.3, -0.25) is 0 Å². The summed E-state index contributed by atoms with van der Waals surface area (Å²) < 4.78 is 2.29. The van der Waals surface area contributed by atoms with Crippen LogP contribution in [0.1, 0.15) is 51.5 Å². The minimum Gasteiger partial charge on any atom is -0.390 e. The monoisotopic (exact) mass is 209 g/mol. The van der Waals surface area contributed by atoms with Crippen molar-refractivity contribution >= 4 is 0 Å². The van der Waals surface area contributed by atoms with Crippen molar-refractivity contribution in [3.63, 3.8) is 0 Å². The third-order valence-electron chi connectivity index (χ3n) is 2.90. The van der Waals surface area contributed by atoms with E-state index >= 15 is 0 Å². The van der Waals surface area contributed by atoms with E-state index in [4.69, 9.17) is 0 Å². The highest BCUT2D eigenvalue weighted by atomic mass is 16.3. The first-order chi connectivity index (χ1) is 7.10. The molecule has 2 nitrogen and oxygen atoms in total. The Morgan fingerprint density at radius 2 is 1.80 bits per heavy atom. The predicted octanol–water partition coefficient (Wildman–Crippen LogP) is 3.15. The SMILES string of the molecule is CCC(C)n1c(CO)ccc1CC(C)C. The van der Waals surface area contributed by atoms with Crippen molar-refractivity contribution in [1.82, 2.24) is 4.57 Å². The molecule has 0 aliphatic carbocycles. The second-order valence-corrected chi connectivity index (χ2v) is 4.70. The van der Waals surface area contributed by atoms with Gasteiger partial charge >= 0.3 is 0 Å². The van der Waals surface area contributed by atoms with Crippen molar-refractivity contribution in [2.24, 2.45) is 5.92 Å². The zero-order valence-corrected chi connectivity index (χ0v) is 10.3. The Bertz CT molecular complexity index is 301. The van der Waals surface area contributed by atoms with Crippen LogP contribution in [0.3, 0.4) is 0 Å². The smallest absolute Gasteiger partial charge is 0.0833 e. The number of nitrogens with zero attached hydrogens (tertiary/aromatic N) is 1.